The lowest BCUT2D eigenvalue weighted by molar-refractivity contribution is -0.161. The van der Waals surface area contributed by atoms with Crippen LogP contribution in [0.4, 0.5) is 0 Å². The monoisotopic (exact) mass is 526 g/mol. The van der Waals surface area contributed by atoms with Crippen molar-refractivity contribution in [3.05, 3.63) is 0 Å². The van der Waals surface area contributed by atoms with Crippen molar-refractivity contribution in [1.29, 1.82) is 0 Å². The van der Waals surface area contributed by atoms with Crippen molar-refractivity contribution in [2.45, 2.75) is 116 Å². The lowest BCUT2D eigenvalue weighted by atomic mass is 10.1. The van der Waals surface area contributed by atoms with Crippen LogP contribution in [0.3, 0.4) is 0 Å². The Hall–Kier alpha value is -1.03. The summed E-state index contributed by atoms with van der Waals surface area (Å²) in [5, 5.41) is 18.0. The van der Waals surface area contributed by atoms with Crippen molar-refractivity contribution in [2.24, 2.45) is 0 Å². The molecule has 0 aliphatic rings. The number of phosphoric acid groups is 1. The molecule has 0 aromatic heterocycles. The number of esters is 2. The van der Waals surface area contributed by atoms with Crippen molar-refractivity contribution in [2.75, 3.05) is 26.4 Å². The molecule has 0 amide bonds. The van der Waals surface area contributed by atoms with Crippen LogP contribution in [-0.4, -0.2) is 65.7 Å². The first-order valence-corrected chi connectivity index (χ1v) is 14.5. The Labute approximate surface area is 210 Å². The van der Waals surface area contributed by atoms with Gasteiger partial charge in [0.1, 0.15) is 12.7 Å². The zero-order valence-electron chi connectivity index (χ0n) is 21.5. The average molecular weight is 527 g/mol. The fraction of sp³-hybridized carbons (Fsp3) is 0.917. The van der Waals surface area contributed by atoms with Crippen LogP contribution in [0, 0.1) is 0 Å². The van der Waals surface area contributed by atoms with E-state index < -0.39 is 51.8 Å². The van der Waals surface area contributed by atoms with Gasteiger partial charge >= 0.3 is 19.8 Å². The molecule has 0 aliphatic carbocycles. The molecule has 0 saturated carbocycles. The van der Waals surface area contributed by atoms with Gasteiger partial charge in [0.25, 0.3) is 0 Å². The molecule has 0 fully saturated rings. The summed E-state index contributed by atoms with van der Waals surface area (Å²) in [6, 6.07) is 0. The molecule has 3 unspecified atom stereocenters. The van der Waals surface area contributed by atoms with E-state index in [0.29, 0.717) is 12.8 Å². The molecule has 0 aliphatic heterocycles. The number of rotatable bonds is 24. The van der Waals surface area contributed by atoms with E-state index >= 15 is 0 Å². The van der Waals surface area contributed by atoms with Crippen LogP contribution in [0.5, 0.6) is 0 Å². The van der Waals surface area contributed by atoms with E-state index in [1.165, 1.54) is 25.7 Å². The Bertz CT molecular complexity index is 587. The Morgan fingerprint density at radius 3 is 1.80 bits per heavy atom. The number of unbranched alkanes of at least 4 members (excludes halogenated alkanes) is 10. The van der Waals surface area contributed by atoms with Gasteiger partial charge in [-0.05, 0) is 12.8 Å². The number of aliphatic hydroxyl groups excluding tert-OH is 2. The molecule has 208 valence electrons. The summed E-state index contributed by atoms with van der Waals surface area (Å²) in [5.74, 6) is -0.951. The Kier molecular flexibility index (Phi) is 21.5. The van der Waals surface area contributed by atoms with Gasteiger partial charge < -0.3 is 24.6 Å². The van der Waals surface area contributed by atoms with E-state index in [1.807, 2.05) is 0 Å². The topological polar surface area (TPSA) is 149 Å². The summed E-state index contributed by atoms with van der Waals surface area (Å²) >= 11 is 0. The Morgan fingerprint density at radius 2 is 1.23 bits per heavy atom. The van der Waals surface area contributed by atoms with Gasteiger partial charge in [-0.2, -0.15) is 0 Å². The molecule has 0 bridgehead atoms. The minimum Gasteiger partial charge on any atom is -0.462 e. The molecule has 3 atom stereocenters. The summed E-state index contributed by atoms with van der Waals surface area (Å²) < 4.78 is 31.9. The fourth-order valence-corrected chi connectivity index (χ4v) is 3.96. The van der Waals surface area contributed by atoms with Crippen molar-refractivity contribution in [1.82, 2.24) is 0 Å². The van der Waals surface area contributed by atoms with Crippen LogP contribution < -0.4 is 0 Å². The number of carbonyl (C=O) groups excluding carboxylic acids is 2. The van der Waals surface area contributed by atoms with E-state index in [2.05, 4.69) is 18.4 Å². The molecule has 11 heteroatoms. The highest BCUT2D eigenvalue weighted by Gasteiger charge is 2.27. The molecule has 3 N–H and O–H groups in total. The zero-order chi connectivity index (χ0) is 26.4. The normalized spacial score (nSPS) is 14.8. The lowest BCUT2D eigenvalue weighted by Crippen LogP contribution is -2.29. The largest absolute Gasteiger partial charge is 0.472 e. The second-order valence-corrected chi connectivity index (χ2v) is 10.2. The average Bonchev–Trinajstić information content (AvgIpc) is 2.83. The SMILES string of the molecule is CCCCCCCCCCC(=O)OC(COC(=O)CCCCCC)COP(=O)(O)OCC(O)CO. The maximum atomic E-state index is 12.3. The van der Waals surface area contributed by atoms with E-state index in [0.717, 1.165) is 38.5 Å². The minimum absolute atomic E-state index is 0.187. The molecular formula is C24H47O10P. The van der Waals surface area contributed by atoms with Gasteiger partial charge in [0, 0.05) is 12.8 Å². The number of ether oxygens (including phenoxy) is 2. The first-order valence-electron chi connectivity index (χ1n) is 13.0. The second kappa shape index (κ2) is 22.2. The number of aliphatic hydroxyl groups is 2. The van der Waals surface area contributed by atoms with E-state index in [-0.39, 0.29) is 19.4 Å². The second-order valence-electron chi connectivity index (χ2n) is 8.73. The highest BCUT2D eigenvalue weighted by Crippen LogP contribution is 2.43. The van der Waals surface area contributed by atoms with Gasteiger partial charge in [0.05, 0.1) is 19.8 Å². The molecule has 0 aromatic rings. The van der Waals surface area contributed by atoms with Crippen LogP contribution in [0.1, 0.15) is 104 Å². The molecule has 0 rings (SSSR count). The smallest absolute Gasteiger partial charge is 0.462 e. The maximum Gasteiger partial charge on any atom is 0.472 e. The third kappa shape index (κ3) is 21.9. The predicted octanol–water partition coefficient (Wildman–Crippen LogP) is 4.43. The van der Waals surface area contributed by atoms with Gasteiger partial charge in [-0.15, -0.1) is 0 Å². The summed E-state index contributed by atoms with van der Waals surface area (Å²) in [5.41, 5.74) is 0. The predicted molar refractivity (Wildman–Crippen MR) is 132 cm³/mol. The van der Waals surface area contributed by atoms with Crippen LogP contribution in [-0.2, 0) is 32.7 Å². The number of phosphoric ester groups is 1. The molecule has 10 nitrogen and oxygen atoms in total. The van der Waals surface area contributed by atoms with Crippen LogP contribution in [0.2, 0.25) is 0 Å². The zero-order valence-corrected chi connectivity index (χ0v) is 22.4. The highest BCUT2D eigenvalue weighted by molar-refractivity contribution is 7.47. The summed E-state index contributed by atoms with van der Waals surface area (Å²) in [6.45, 7) is 2.14. The summed E-state index contributed by atoms with van der Waals surface area (Å²) in [7, 11) is -4.57. The Morgan fingerprint density at radius 1 is 0.743 bits per heavy atom. The van der Waals surface area contributed by atoms with E-state index in [9.17, 15) is 24.2 Å². The maximum absolute atomic E-state index is 12.3. The molecule has 0 spiro atoms. The van der Waals surface area contributed by atoms with Gasteiger partial charge in [0.2, 0.25) is 0 Å². The standard InChI is InChI=1S/C24H47O10P/c1-3-5-7-9-10-11-12-14-16-24(28)34-22(19-31-23(27)15-13-8-6-4-2)20-33-35(29,30)32-18-21(26)17-25/h21-22,25-26H,3-20H2,1-2H3,(H,29,30). The van der Waals surface area contributed by atoms with Crippen molar-refractivity contribution in [3.63, 3.8) is 0 Å². The number of hydrogen-bond acceptors (Lipinski definition) is 9. The molecule has 35 heavy (non-hydrogen) atoms. The minimum atomic E-state index is -4.57. The quantitative estimate of drug-likeness (QED) is 0.0936. The third-order valence-electron chi connectivity index (χ3n) is 5.26. The van der Waals surface area contributed by atoms with Crippen molar-refractivity contribution >= 4 is 19.8 Å². The number of hydrogen-bond donors (Lipinski definition) is 3. The summed E-state index contributed by atoms with van der Waals surface area (Å²) in [6.07, 6.45) is 10.3. The molecular weight excluding hydrogens is 479 g/mol. The summed E-state index contributed by atoms with van der Waals surface area (Å²) in [4.78, 5) is 33.9. The molecule has 0 heterocycles. The molecule has 0 radical (unpaired) electrons. The van der Waals surface area contributed by atoms with Crippen LogP contribution >= 0.6 is 7.82 Å². The molecule has 0 saturated heterocycles. The van der Waals surface area contributed by atoms with Crippen molar-refractivity contribution in [3.8, 4) is 0 Å². The first kappa shape index (κ1) is 34.0. The lowest BCUT2D eigenvalue weighted by Gasteiger charge is -2.20. The van der Waals surface area contributed by atoms with Crippen LogP contribution in [0.25, 0.3) is 0 Å². The van der Waals surface area contributed by atoms with Crippen molar-refractivity contribution < 1.29 is 47.8 Å². The van der Waals surface area contributed by atoms with Gasteiger partial charge in [0.15, 0.2) is 6.10 Å². The highest BCUT2D eigenvalue weighted by atomic mass is 31.2. The third-order valence-corrected chi connectivity index (χ3v) is 6.21. The van der Waals surface area contributed by atoms with E-state index in [1.54, 1.807) is 0 Å². The Balaban J connectivity index is 4.54. The van der Waals surface area contributed by atoms with Gasteiger partial charge in [-0.3, -0.25) is 18.6 Å². The van der Waals surface area contributed by atoms with Gasteiger partial charge in [-0.25, -0.2) is 4.57 Å². The van der Waals surface area contributed by atoms with Gasteiger partial charge in [-0.1, -0.05) is 78.1 Å². The fourth-order valence-electron chi connectivity index (χ4n) is 3.17. The molecule has 0 aromatic carbocycles. The first-order chi connectivity index (χ1) is 16.7. The van der Waals surface area contributed by atoms with Crippen LogP contribution in [0.15, 0.2) is 0 Å². The van der Waals surface area contributed by atoms with E-state index in [4.69, 9.17) is 19.1 Å². The number of carbonyl (C=O) groups is 2.